The van der Waals surface area contributed by atoms with Crippen LogP contribution in [0.5, 0.6) is 0 Å². The van der Waals surface area contributed by atoms with E-state index in [2.05, 4.69) is 16.0 Å². The first kappa shape index (κ1) is 23.5. The minimum atomic E-state index is -0.482. The first-order valence-corrected chi connectivity index (χ1v) is 11.7. The van der Waals surface area contributed by atoms with Crippen LogP contribution >= 0.6 is 0 Å². The molecule has 37 heavy (non-hydrogen) atoms. The molecule has 4 aromatic carbocycles. The lowest BCUT2D eigenvalue weighted by atomic mass is 10.1. The Labute approximate surface area is 213 Å². The highest BCUT2D eigenvalue weighted by Crippen LogP contribution is 2.29. The van der Waals surface area contributed by atoms with Crippen molar-refractivity contribution in [1.29, 1.82) is 5.26 Å². The number of aromatic nitrogens is 1. The second-order valence-corrected chi connectivity index (χ2v) is 8.71. The van der Waals surface area contributed by atoms with Gasteiger partial charge < -0.3 is 9.88 Å². The zero-order valence-electron chi connectivity index (χ0n) is 20.0. The molecule has 0 fully saturated rings. The second kappa shape index (κ2) is 9.80. The summed E-state index contributed by atoms with van der Waals surface area (Å²) in [7, 11) is 0. The SMILES string of the molecule is Cc1c(C=C(C#N)C(=O)Nc2ccc3ccccc3c2)c2ccccc2n1Cc1ccc([N+](=O)[O-])cc1. The van der Waals surface area contributed by atoms with Gasteiger partial charge >= 0.3 is 0 Å². The summed E-state index contributed by atoms with van der Waals surface area (Å²) in [5.74, 6) is -0.482. The maximum atomic E-state index is 13.1. The van der Waals surface area contributed by atoms with Crippen LogP contribution in [0.3, 0.4) is 0 Å². The molecule has 1 N–H and O–H groups in total. The Morgan fingerprint density at radius 1 is 1.00 bits per heavy atom. The predicted octanol–water partition coefficient (Wildman–Crippen LogP) is 6.61. The number of anilines is 1. The van der Waals surface area contributed by atoms with Crippen LogP contribution in [0.25, 0.3) is 27.8 Å². The molecule has 1 amide bonds. The Morgan fingerprint density at radius 3 is 2.43 bits per heavy atom. The van der Waals surface area contributed by atoms with Crippen LogP contribution in [0.1, 0.15) is 16.8 Å². The zero-order valence-corrected chi connectivity index (χ0v) is 20.0. The Hall–Kier alpha value is -5.22. The van der Waals surface area contributed by atoms with E-state index in [9.17, 15) is 20.2 Å². The van der Waals surface area contributed by atoms with E-state index in [-0.39, 0.29) is 11.3 Å². The number of hydrogen-bond acceptors (Lipinski definition) is 4. The summed E-state index contributed by atoms with van der Waals surface area (Å²) in [5, 5.41) is 26.6. The molecule has 0 aliphatic heterocycles. The highest BCUT2D eigenvalue weighted by Gasteiger charge is 2.17. The number of nitrogens with zero attached hydrogens (tertiary/aromatic N) is 3. The lowest BCUT2D eigenvalue weighted by Gasteiger charge is -2.09. The zero-order chi connectivity index (χ0) is 25.9. The molecule has 0 bridgehead atoms. The summed E-state index contributed by atoms with van der Waals surface area (Å²) in [5.41, 5.74) is 4.15. The van der Waals surface area contributed by atoms with Gasteiger partial charge in [0.15, 0.2) is 0 Å². The minimum absolute atomic E-state index is 0.00509. The summed E-state index contributed by atoms with van der Waals surface area (Å²) in [4.78, 5) is 23.6. The molecule has 180 valence electrons. The van der Waals surface area contributed by atoms with E-state index in [1.165, 1.54) is 12.1 Å². The number of amides is 1. The van der Waals surface area contributed by atoms with Crippen LogP contribution in [-0.2, 0) is 11.3 Å². The van der Waals surface area contributed by atoms with Crippen LogP contribution in [-0.4, -0.2) is 15.4 Å². The summed E-state index contributed by atoms with van der Waals surface area (Å²) in [6.07, 6.45) is 1.63. The molecule has 1 heterocycles. The third-order valence-electron chi connectivity index (χ3n) is 6.43. The van der Waals surface area contributed by atoms with Crippen molar-refractivity contribution >= 4 is 45.0 Å². The fraction of sp³-hybridized carbons (Fsp3) is 0.0667. The molecule has 1 aromatic heterocycles. The summed E-state index contributed by atoms with van der Waals surface area (Å²) < 4.78 is 2.08. The molecule has 0 atom stereocenters. The Bertz CT molecular complexity index is 1740. The number of benzene rings is 4. The number of para-hydroxylation sites is 1. The molecular weight excluding hydrogens is 464 g/mol. The van der Waals surface area contributed by atoms with Crippen molar-refractivity contribution in [3.63, 3.8) is 0 Å². The maximum Gasteiger partial charge on any atom is 0.269 e. The molecule has 0 aliphatic carbocycles. The molecule has 7 heteroatoms. The van der Waals surface area contributed by atoms with Gasteiger partial charge in [0.2, 0.25) is 0 Å². The first-order valence-electron chi connectivity index (χ1n) is 11.7. The van der Waals surface area contributed by atoms with Crippen molar-refractivity contribution in [1.82, 2.24) is 4.57 Å². The standard InChI is InChI=1S/C30H22N4O3/c1-20-28(17-24(18-31)30(35)32-25-13-12-22-6-2-3-7-23(22)16-25)27-8-4-5-9-29(27)33(20)19-21-10-14-26(15-11-21)34(36)37/h2-17H,19H2,1H3,(H,32,35). The van der Waals surface area contributed by atoms with E-state index in [1.807, 2.05) is 73.7 Å². The number of carbonyl (C=O) groups is 1. The van der Waals surface area contributed by atoms with Gasteiger partial charge in [-0.25, -0.2) is 0 Å². The van der Waals surface area contributed by atoms with E-state index >= 15 is 0 Å². The normalized spacial score (nSPS) is 11.4. The molecule has 0 aliphatic rings. The number of nitrogens with one attached hydrogen (secondary N) is 1. The molecular formula is C30H22N4O3. The van der Waals surface area contributed by atoms with Gasteiger partial charge in [0.1, 0.15) is 11.6 Å². The number of carbonyl (C=O) groups excluding carboxylic acids is 1. The molecule has 0 saturated carbocycles. The van der Waals surface area contributed by atoms with Crippen molar-refractivity contribution in [3.8, 4) is 6.07 Å². The van der Waals surface area contributed by atoms with Gasteiger partial charge in [-0.2, -0.15) is 5.26 Å². The lowest BCUT2D eigenvalue weighted by molar-refractivity contribution is -0.384. The summed E-state index contributed by atoms with van der Waals surface area (Å²) in [6, 6.07) is 29.8. The van der Waals surface area contributed by atoms with Gasteiger partial charge in [0.25, 0.3) is 11.6 Å². The van der Waals surface area contributed by atoms with Gasteiger partial charge in [-0.05, 0) is 47.5 Å². The number of nitro groups is 1. The van der Waals surface area contributed by atoms with Gasteiger partial charge in [0, 0.05) is 46.5 Å². The molecule has 5 rings (SSSR count). The van der Waals surface area contributed by atoms with Gasteiger partial charge in [-0.15, -0.1) is 0 Å². The highest BCUT2D eigenvalue weighted by atomic mass is 16.6. The molecule has 5 aromatic rings. The van der Waals surface area contributed by atoms with Gasteiger partial charge in [0.05, 0.1) is 4.92 Å². The van der Waals surface area contributed by atoms with Crippen LogP contribution in [0, 0.1) is 28.4 Å². The Kier molecular flexibility index (Phi) is 6.23. The van der Waals surface area contributed by atoms with Crippen molar-refractivity contribution in [2.24, 2.45) is 0 Å². The monoisotopic (exact) mass is 486 g/mol. The third-order valence-corrected chi connectivity index (χ3v) is 6.43. The van der Waals surface area contributed by atoms with Gasteiger partial charge in [-0.1, -0.05) is 60.7 Å². The average Bonchev–Trinajstić information content (AvgIpc) is 3.17. The number of nitro benzene ring substituents is 1. The van der Waals surface area contributed by atoms with Gasteiger partial charge in [-0.3, -0.25) is 14.9 Å². The number of rotatable bonds is 6. The molecule has 0 spiro atoms. The first-order chi connectivity index (χ1) is 17.9. The number of non-ortho nitro benzene ring substituents is 1. The van der Waals surface area contributed by atoms with E-state index < -0.39 is 10.8 Å². The maximum absolute atomic E-state index is 13.1. The van der Waals surface area contributed by atoms with Crippen molar-refractivity contribution in [2.75, 3.05) is 5.32 Å². The topological polar surface area (TPSA) is 101 Å². The van der Waals surface area contributed by atoms with Crippen molar-refractivity contribution < 1.29 is 9.72 Å². The predicted molar refractivity (Wildman–Crippen MR) is 145 cm³/mol. The fourth-order valence-corrected chi connectivity index (χ4v) is 4.51. The smallest absolute Gasteiger partial charge is 0.269 e. The van der Waals surface area contributed by atoms with Crippen molar-refractivity contribution in [3.05, 3.63) is 124 Å². The highest BCUT2D eigenvalue weighted by molar-refractivity contribution is 6.11. The Morgan fingerprint density at radius 2 is 1.70 bits per heavy atom. The fourth-order valence-electron chi connectivity index (χ4n) is 4.51. The summed E-state index contributed by atoms with van der Waals surface area (Å²) >= 11 is 0. The average molecular weight is 487 g/mol. The van der Waals surface area contributed by atoms with Crippen LogP contribution < -0.4 is 5.32 Å². The van der Waals surface area contributed by atoms with Crippen LogP contribution in [0.4, 0.5) is 11.4 Å². The number of fused-ring (bicyclic) bond motifs is 2. The molecule has 0 radical (unpaired) electrons. The summed E-state index contributed by atoms with van der Waals surface area (Å²) in [6.45, 7) is 2.43. The Balaban J connectivity index is 1.49. The van der Waals surface area contributed by atoms with E-state index in [4.69, 9.17) is 0 Å². The molecule has 0 unspecified atom stereocenters. The number of hydrogen-bond donors (Lipinski definition) is 1. The molecule has 7 nitrogen and oxygen atoms in total. The largest absolute Gasteiger partial charge is 0.340 e. The second-order valence-electron chi connectivity index (χ2n) is 8.71. The van der Waals surface area contributed by atoms with Crippen LogP contribution in [0.15, 0.2) is 96.6 Å². The van der Waals surface area contributed by atoms with E-state index in [1.54, 1.807) is 18.2 Å². The lowest BCUT2D eigenvalue weighted by Crippen LogP contribution is -2.13. The van der Waals surface area contributed by atoms with Crippen LogP contribution in [0.2, 0.25) is 0 Å². The quantitative estimate of drug-likeness (QED) is 0.126. The number of nitriles is 1. The third kappa shape index (κ3) is 4.68. The van der Waals surface area contributed by atoms with E-state index in [0.29, 0.717) is 12.2 Å². The minimum Gasteiger partial charge on any atom is -0.340 e. The molecule has 0 saturated heterocycles. The van der Waals surface area contributed by atoms with Crippen molar-refractivity contribution in [2.45, 2.75) is 13.5 Å². The van der Waals surface area contributed by atoms with E-state index in [0.717, 1.165) is 38.5 Å².